The largest absolute Gasteiger partial charge is 0.465 e. The summed E-state index contributed by atoms with van der Waals surface area (Å²) in [6.07, 6.45) is 1.17. The molecule has 5 nitrogen and oxygen atoms in total. The van der Waals surface area contributed by atoms with E-state index in [0.717, 1.165) is 27.8 Å². The lowest BCUT2D eigenvalue weighted by atomic mass is 9.84. The van der Waals surface area contributed by atoms with Crippen LogP contribution in [0.1, 0.15) is 41.7 Å². The molecule has 0 unspecified atom stereocenters. The summed E-state index contributed by atoms with van der Waals surface area (Å²) in [4.78, 5) is 25.4. The van der Waals surface area contributed by atoms with Crippen LogP contribution in [0.4, 0.5) is 0 Å². The summed E-state index contributed by atoms with van der Waals surface area (Å²) in [6, 6.07) is 13.9. The number of benzene rings is 2. The van der Waals surface area contributed by atoms with E-state index in [1.54, 1.807) is 13.8 Å². The van der Waals surface area contributed by atoms with Crippen molar-refractivity contribution >= 4 is 11.9 Å². The van der Waals surface area contributed by atoms with Crippen LogP contribution in [0.2, 0.25) is 0 Å². The smallest absolute Gasteiger partial charge is 0.324 e. The van der Waals surface area contributed by atoms with Gasteiger partial charge in [0.1, 0.15) is 0 Å². The van der Waals surface area contributed by atoms with Crippen molar-refractivity contribution in [3.05, 3.63) is 70.3 Å². The van der Waals surface area contributed by atoms with Gasteiger partial charge in [0, 0.05) is 0 Å². The second-order valence-corrected chi connectivity index (χ2v) is 7.09. The Morgan fingerprint density at radius 2 is 1.46 bits per heavy atom. The second-order valence-electron chi connectivity index (χ2n) is 7.09. The standard InChI is InChI=1S/C23H26O5/c1-3-27-21(25)23(22(26)28-4-2)13-18-11-17(10-16-8-6-5-7-9-16)20(15-24)12-19(18)14-23/h5-9,11-12,24H,3-4,10,13-15H2,1-2H3. The summed E-state index contributed by atoms with van der Waals surface area (Å²) < 4.78 is 10.4. The molecule has 0 amide bonds. The highest BCUT2D eigenvalue weighted by molar-refractivity contribution is 6.01. The lowest BCUT2D eigenvalue weighted by Gasteiger charge is -2.23. The van der Waals surface area contributed by atoms with Crippen molar-refractivity contribution in [2.24, 2.45) is 5.41 Å². The molecule has 28 heavy (non-hydrogen) atoms. The zero-order chi connectivity index (χ0) is 20.1. The van der Waals surface area contributed by atoms with E-state index in [9.17, 15) is 14.7 Å². The Hall–Kier alpha value is -2.66. The predicted molar refractivity (Wildman–Crippen MR) is 105 cm³/mol. The molecular formula is C23H26O5. The van der Waals surface area contributed by atoms with Crippen LogP contribution in [0.15, 0.2) is 42.5 Å². The molecule has 0 saturated heterocycles. The summed E-state index contributed by atoms with van der Waals surface area (Å²) in [5.74, 6) is -1.08. The van der Waals surface area contributed by atoms with Gasteiger partial charge in [-0.05, 0) is 60.9 Å². The first-order valence-electron chi connectivity index (χ1n) is 9.66. The van der Waals surface area contributed by atoms with Crippen LogP contribution >= 0.6 is 0 Å². The first-order valence-corrected chi connectivity index (χ1v) is 9.66. The van der Waals surface area contributed by atoms with Crippen LogP contribution in [0, 0.1) is 5.41 Å². The fraction of sp³-hybridized carbons (Fsp3) is 0.391. The SMILES string of the molecule is CCOC(=O)C1(C(=O)OCC)Cc2cc(CO)c(Cc3ccccc3)cc2C1. The van der Waals surface area contributed by atoms with Gasteiger partial charge in [0.15, 0.2) is 5.41 Å². The Kier molecular flexibility index (Phi) is 6.15. The lowest BCUT2D eigenvalue weighted by Crippen LogP contribution is -2.43. The summed E-state index contributed by atoms with van der Waals surface area (Å²) in [5, 5.41) is 9.86. The van der Waals surface area contributed by atoms with Crippen LogP contribution in [-0.4, -0.2) is 30.3 Å². The maximum atomic E-state index is 12.7. The zero-order valence-corrected chi connectivity index (χ0v) is 16.4. The Labute approximate surface area is 165 Å². The van der Waals surface area contributed by atoms with Gasteiger partial charge in [-0.25, -0.2) is 0 Å². The van der Waals surface area contributed by atoms with E-state index < -0.39 is 17.4 Å². The number of fused-ring (bicyclic) bond motifs is 1. The Balaban J connectivity index is 1.97. The molecule has 0 atom stereocenters. The number of hydrogen-bond donors (Lipinski definition) is 1. The van der Waals surface area contributed by atoms with E-state index >= 15 is 0 Å². The van der Waals surface area contributed by atoms with Crippen molar-refractivity contribution in [3.63, 3.8) is 0 Å². The van der Waals surface area contributed by atoms with E-state index in [4.69, 9.17) is 9.47 Å². The minimum Gasteiger partial charge on any atom is -0.465 e. The normalized spacial score (nSPS) is 14.4. The van der Waals surface area contributed by atoms with Gasteiger partial charge in [-0.15, -0.1) is 0 Å². The molecule has 2 aromatic carbocycles. The molecule has 148 valence electrons. The van der Waals surface area contributed by atoms with Gasteiger partial charge in [0.05, 0.1) is 19.8 Å². The molecule has 1 aliphatic rings. The molecule has 0 saturated carbocycles. The molecule has 1 aliphatic carbocycles. The average Bonchev–Trinajstić information content (AvgIpc) is 3.08. The summed E-state index contributed by atoms with van der Waals surface area (Å²) in [7, 11) is 0. The van der Waals surface area contributed by atoms with Crippen molar-refractivity contribution in [1.29, 1.82) is 0 Å². The molecule has 2 aromatic rings. The Morgan fingerprint density at radius 1 is 0.929 bits per heavy atom. The van der Waals surface area contributed by atoms with Crippen molar-refractivity contribution in [2.75, 3.05) is 13.2 Å². The van der Waals surface area contributed by atoms with E-state index in [2.05, 4.69) is 0 Å². The third-order valence-corrected chi connectivity index (χ3v) is 5.25. The fourth-order valence-electron chi connectivity index (χ4n) is 3.87. The third kappa shape index (κ3) is 3.80. The van der Waals surface area contributed by atoms with Gasteiger partial charge in [0.25, 0.3) is 0 Å². The van der Waals surface area contributed by atoms with Crippen molar-refractivity contribution in [2.45, 2.75) is 39.7 Å². The van der Waals surface area contributed by atoms with Crippen molar-refractivity contribution in [3.8, 4) is 0 Å². The van der Waals surface area contributed by atoms with E-state index in [1.807, 2.05) is 42.5 Å². The molecule has 0 heterocycles. The zero-order valence-electron chi connectivity index (χ0n) is 16.4. The number of carbonyl (C=O) groups is 2. The van der Waals surface area contributed by atoms with Gasteiger partial charge in [-0.2, -0.15) is 0 Å². The number of ether oxygens (including phenoxy) is 2. The van der Waals surface area contributed by atoms with Gasteiger partial charge in [0.2, 0.25) is 0 Å². The summed E-state index contributed by atoms with van der Waals surface area (Å²) in [5.41, 5.74) is 3.43. The summed E-state index contributed by atoms with van der Waals surface area (Å²) >= 11 is 0. The van der Waals surface area contributed by atoms with Crippen LogP contribution < -0.4 is 0 Å². The van der Waals surface area contributed by atoms with Crippen LogP contribution in [0.25, 0.3) is 0 Å². The Bertz CT molecular complexity index is 839. The number of hydrogen-bond acceptors (Lipinski definition) is 5. The molecule has 0 radical (unpaired) electrons. The predicted octanol–water partition coefficient (Wildman–Crippen LogP) is 2.98. The number of aliphatic hydroxyl groups is 1. The monoisotopic (exact) mass is 382 g/mol. The van der Waals surface area contributed by atoms with E-state index in [0.29, 0.717) is 6.42 Å². The molecule has 0 bridgehead atoms. The number of carbonyl (C=O) groups excluding carboxylic acids is 2. The quantitative estimate of drug-likeness (QED) is 0.589. The highest BCUT2D eigenvalue weighted by Crippen LogP contribution is 2.41. The lowest BCUT2D eigenvalue weighted by molar-refractivity contribution is -0.171. The molecule has 0 aromatic heterocycles. The summed E-state index contributed by atoms with van der Waals surface area (Å²) in [6.45, 7) is 3.76. The number of esters is 2. The molecular weight excluding hydrogens is 356 g/mol. The van der Waals surface area contributed by atoms with Gasteiger partial charge in [-0.3, -0.25) is 9.59 Å². The van der Waals surface area contributed by atoms with Gasteiger partial charge >= 0.3 is 11.9 Å². The fourth-order valence-corrected chi connectivity index (χ4v) is 3.87. The van der Waals surface area contributed by atoms with Crippen LogP contribution in [-0.2, 0) is 44.9 Å². The van der Waals surface area contributed by atoms with Crippen molar-refractivity contribution < 1.29 is 24.2 Å². The van der Waals surface area contributed by atoms with Crippen LogP contribution in [0.3, 0.4) is 0 Å². The molecule has 3 rings (SSSR count). The first-order chi connectivity index (χ1) is 13.5. The number of aliphatic hydroxyl groups excluding tert-OH is 1. The van der Waals surface area contributed by atoms with Crippen molar-refractivity contribution in [1.82, 2.24) is 0 Å². The minimum absolute atomic E-state index is 0.0960. The van der Waals surface area contributed by atoms with Gasteiger partial charge < -0.3 is 14.6 Å². The Morgan fingerprint density at radius 3 is 1.96 bits per heavy atom. The van der Waals surface area contributed by atoms with Crippen LogP contribution in [0.5, 0.6) is 0 Å². The molecule has 0 fully saturated rings. The molecule has 1 N–H and O–H groups in total. The minimum atomic E-state index is -1.34. The maximum Gasteiger partial charge on any atom is 0.324 e. The topological polar surface area (TPSA) is 72.8 Å². The number of rotatable bonds is 7. The van der Waals surface area contributed by atoms with E-state index in [1.165, 1.54) is 0 Å². The molecule has 0 spiro atoms. The average molecular weight is 382 g/mol. The first kappa shape index (κ1) is 20.1. The highest BCUT2D eigenvalue weighted by atomic mass is 16.6. The third-order valence-electron chi connectivity index (χ3n) is 5.25. The highest BCUT2D eigenvalue weighted by Gasteiger charge is 2.53. The molecule has 0 aliphatic heterocycles. The maximum absolute atomic E-state index is 12.7. The second kappa shape index (κ2) is 8.57. The molecule has 5 heteroatoms. The van der Waals surface area contributed by atoms with Gasteiger partial charge in [-0.1, -0.05) is 42.5 Å². The van der Waals surface area contributed by atoms with E-state index in [-0.39, 0.29) is 32.7 Å².